The summed E-state index contributed by atoms with van der Waals surface area (Å²) in [4.78, 5) is 5.02. The lowest BCUT2D eigenvalue weighted by Crippen LogP contribution is -2.31. The third-order valence-corrected chi connectivity index (χ3v) is 3.21. The lowest BCUT2D eigenvalue weighted by atomic mass is 10.1. The summed E-state index contributed by atoms with van der Waals surface area (Å²) in [6, 6.07) is 0.558. The average molecular weight is 260 g/mol. The minimum absolute atomic E-state index is 0.0315. The van der Waals surface area contributed by atoms with E-state index in [1.54, 1.807) is 4.90 Å². The second-order valence-electron chi connectivity index (χ2n) is 4.42. The summed E-state index contributed by atoms with van der Waals surface area (Å²) in [6.07, 6.45) is 3.00. The molecule has 0 amide bonds. The molecule has 1 aromatic rings. The van der Waals surface area contributed by atoms with Crippen molar-refractivity contribution in [2.24, 2.45) is 0 Å². The topological polar surface area (TPSA) is 36.4 Å². The molecule has 3 nitrogen and oxygen atoms in total. The fourth-order valence-corrected chi connectivity index (χ4v) is 2.38. The molecule has 1 N–H and O–H groups in total. The van der Waals surface area contributed by atoms with Crippen LogP contribution in [0.25, 0.3) is 0 Å². The Labute approximate surface area is 103 Å². The van der Waals surface area contributed by atoms with Crippen LogP contribution in [0.2, 0.25) is 0 Å². The molecule has 6 heteroatoms. The maximum absolute atomic E-state index is 13.6. The number of hydrogen-bond donors (Lipinski definition) is 1. The van der Waals surface area contributed by atoms with Crippen molar-refractivity contribution in [2.75, 3.05) is 18.1 Å². The number of nitrogens with zero attached hydrogens (tertiary/aromatic N) is 2. The minimum atomic E-state index is -1.28. The van der Waals surface area contributed by atoms with Crippen LogP contribution in [0.1, 0.15) is 25.7 Å². The highest BCUT2D eigenvalue weighted by molar-refractivity contribution is 5.42. The number of rotatable bonds is 4. The van der Waals surface area contributed by atoms with Crippen LogP contribution in [0.4, 0.5) is 19.0 Å². The molecule has 18 heavy (non-hydrogen) atoms. The van der Waals surface area contributed by atoms with Gasteiger partial charge in [0.25, 0.3) is 5.95 Å². The second-order valence-corrected chi connectivity index (χ2v) is 4.42. The Hall–Kier alpha value is -1.30. The second kappa shape index (κ2) is 5.56. The number of hydrogen-bond acceptors (Lipinski definition) is 3. The van der Waals surface area contributed by atoms with Crippen LogP contribution in [0.5, 0.6) is 0 Å². The molecule has 1 aromatic heterocycles. The first-order valence-electron chi connectivity index (χ1n) is 6.02. The quantitative estimate of drug-likeness (QED) is 0.843. The Morgan fingerprint density at radius 2 is 2.11 bits per heavy atom. The van der Waals surface area contributed by atoms with Gasteiger partial charge in [-0.25, -0.2) is 8.78 Å². The zero-order valence-electron chi connectivity index (χ0n) is 9.87. The smallest absolute Gasteiger partial charge is 0.251 e. The molecule has 0 aromatic carbocycles. The van der Waals surface area contributed by atoms with Gasteiger partial charge in [-0.2, -0.15) is 9.37 Å². The largest absolute Gasteiger partial charge is 0.396 e. The van der Waals surface area contributed by atoms with Crippen molar-refractivity contribution in [1.82, 2.24) is 4.98 Å². The fraction of sp³-hybridized carbons (Fsp3) is 0.583. The molecule has 1 saturated heterocycles. The van der Waals surface area contributed by atoms with Gasteiger partial charge in [0, 0.05) is 25.3 Å². The first-order chi connectivity index (χ1) is 8.63. The van der Waals surface area contributed by atoms with Crippen LogP contribution in [0.15, 0.2) is 6.07 Å². The van der Waals surface area contributed by atoms with Gasteiger partial charge in [0.2, 0.25) is 0 Å². The summed E-state index contributed by atoms with van der Waals surface area (Å²) in [5.74, 6) is -3.53. The molecule has 1 aliphatic heterocycles. The van der Waals surface area contributed by atoms with Gasteiger partial charge in [-0.1, -0.05) is 0 Å². The molecule has 0 aliphatic carbocycles. The van der Waals surface area contributed by atoms with E-state index in [-0.39, 0.29) is 18.5 Å². The summed E-state index contributed by atoms with van der Waals surface area (Å²) in [6.45, 7) is 0.642. The van der Waals surface area contributed by atoms with Gasteiger partial charge in [-0.15, -0.1) is 0 Å². The van der Waals surface area contributed by atoms with E-state index >= 15 is 0 Å². The Morgan fingerprint density at radius 3 is 2.83 bits per heavy atom. The molecule has 1 unspecified atom stereocenters. The lowest BCUT2D eigenvalue weighted by molar-refractivity contribution is 0.279. The van der Waals surface area contributed by atoms with E-state index in [1.807, 2.05) is 0 Å². The van der Waals surface area contributed by atoms with Gasteiger partial charge < -0.3 is 10.0 Å². The Bertz CT molecular complexity index is 428. The van der Waals surface area contributed by atoms with E-state index in [4.69, 9.17) is 5.11 Å². The summed E-state index contributed by atoms with van der Waals surface area (Å²) >= 11 is 0. The SMILES string of the molecule is OCCCC1CCCN1c1nc(F)c(F)cc1F. The third-order valence-electron chi connectivity index (χ3n) is 3.21. The standard InChI is InChI=1S/C12H15F3N2O/c13-9-7-10(14)12(16-11(9)15)17-5-1-3-8(17)4-2-6-18/h7-8,18H,1-6H2. The van der Waals surface area contributed by atoms with Gasteiger partial charge in [0.1, 0.15) is 0 Å². The molecule has 100 valence electrons. The van der Waals surface area contributed by atoms with E-state index in [0.29, 0.717) is 25.5 Å². The first-order valence-corrected chi connectivity index (χ1v) is 6.02. The molecular formula is C12H15F3N2O. The van der Waals surface area contributed by atoms with Crippen LogP contribution in [-0.2, 0) is 0 Å². The van der Waals surface area contributed by atoms with Gasteiger partial charge in [-0.3, -0.25) is 0 Å². The normalized spacial score (nSPS) is 19.6. The van der Waals surface area contributed by atoms with Crippen LogP contribution in [0, 0.1) is 17.6 Å². The maximum atomic E-state index is 13.6. The van der Waals surface area contributed by atoms with E-state index < -0.39 is 17.6 Å². The van der Waals surface area contributed by atoms with Crippen LogP contribution < -0.4 is 4.90 Å². The van der Waals surface area contributed by atoms with Crippen LogP contribution in [-0.4, -0.2) is 29.3 Å². The van der Waals surface area contributed by atoms with Crippen molar-refractivity contribution >= 4 is 5.82 Å². The van der Waals surface area contributed by atoms with Crippen molar-refractivity contribution in [3.05, 3.63) is 23.6 Å². The van der Waals surface area contributed by atoms with Gasteiger partial charge in [0.05, 0.1) is 0 Å². The summed E-state index contributed by atoms with van der Waals surface area (Å²) < 4.78 is 39.5. The molecule has 2 heterocycles. The van der Waals surface area contributed by atoms with Crippen molar-refractivity contribution < 1.29 is 18.3 Å². The molecule has 0 bridgehead atoms. The highest BCUT2D eigenvalue weighted by Gasteiger charge is 2.28. The lowest BCUT2D eigenvalue weighted by Gasteiger charge is -2.25. The summed E-state index contributed by atoms with van der Waals surface area (Å²) in [5, 5.41) is 8.80. The third kappa shape index (κ3) is 2.58. The number of aliphatic hydroxyl groups is 1. The Morgan fingerprint density at radius 1 is 1.33 bits per heavy atom. The van der Waals surface area contributed by atoms with E-state index in [2.05, 4.69) is 4.98 Å². The van der Waals surface area contributed by atoms with Gasteiger partial charge in [-0.05, 0) is 25.7 Å². The Kier molecular flexibility index (Phi) is 4.06. The summed E-state index contributed by atoms with van der Waals surface area (Å²) in [7, 11) is 0. The molecule has 1 atom stereocenters. The highest BCUT2D eigenvalue weighted by atomic mass is 19.2. The molecule has 0 saturated carbocycles. The fourth-order valence-electron chi connectivity index (χ4n) is 2.38. The number of aromatic nitrogens is 1. The monoisotopic (exact) mass is 260 g/mol. The van der Waals surface area contributed by atoms with Crippen LogP contribution in [0.3, 0.4) is 0 Å². The molecule has 0 radical (unpaired) electrons. The van der Waals surface area contributed by atoms with E-state index in [1.165, 1.54) is 0 Å². The molecule has 0 spiro atoms. The van der Waals surface area contributed by atoms with Crippen molar-refractivity contribution in [2.45, 2.75) is 31.7 Å². The zero-order valence-corrected chi connectivity index (χ0v) is 9.87. The van der Waals surface area contributed by atoms with Crippen molar-refractivity contribution in [1.29, 1.82) is 0 Å². The predicted molar refractivity (Wildman–Crippen MR) is 60.8 cm³/mol. The number of pyridine rings is 1. The van der Waals surface area contributed by atoms with Gasteiger partial charge >= 0.3 is 0 Å². The van der Waals surface area contributed by atoms with E-state index in [9.17, 15) is 13.2 Å². The zero-order chi connectivity index (χ0) is 13.1. The first kappa shape index (κ1) is 13.1. The van der Waals surface area contributed by atoms with Crippen molar-refractivity contribution in [3.8, 4) is 0 Å². The number of aliphatic hydroxyl groups excluding tert-OH is 1. The predicted octanol–water partition coefficient (Wildman–Crippen LogP) is 2.24. The molecule has 1 fully saturated rings. The molecular weight excluding hydrogens is 245 g/mol. The molecule has 1 aliphatic rings. The summed E-state index contributed by atoms with van der Waals surface area (Å²) in [5.41, 5.74) is 0. The Balaban J connectivity index is 2.21. The molecule has 2 rings (SSSR count). The highest BCUT2D eigenvalue weighted by Crippen LogP contribution is 2.29. The van der Waals surface area contributed by atoms with E-state index in [0.717, 1.165) is 12.8 Å². The number of anilines is 1. The number of halogens is 3. The van der Waals surface area contributed by atoms with Crippen molar-refractivity contribution in [3.63, 3.8) is 0 Å². The van der Waals surface area contributed by atoms with Gasteiger partial charge in [0.15, 0.2) is 17.5 Å². The average Bonchev–Trinajstić information content (AvgIpc) is 2.79. The van der Waals surface area contributed by atoms with Crippen LogP contribution >= 0.6 is 0 Å². The maximum Gasteiger partial charge on any atom is 0.251 e. The minimum Gasteiger partial charge on any atom is -0.396 e.